The summed E-state index contributed by atoms with van der Waals surface area (Å²) in [6, 6.07) is 1.76. The molecule has 1 rings (SSSR count). The van der Waals surface area contributed by atoms with Crippen molar-refractivity contribution in [3.8, 4) is 6.07 Å². The third kappa shape index (κ3) is 1.91. The van der Waals surface area contributed by atoms with Gasteiger partial charge >= 0.3 is 0 Å². The van der Waals surface area contributed by atoms with E-state index in [1.54, 1.807) is 6.07 Å². The number of aliphatic hydroxyl groups is 2. The number of carbonyl (C=O) groups is 1. The maximum Gasteiger partial charge on any atom is 0.185 e. The van der Waals surface area contributed by atoms with Gasteiger partial charge < -0.3 is 10.2 Å². The Kier molecular flexibility index (Phi) is 3.48. The van der Waals surface area contributed by atoms with Crippen LogP contribution in [0.15, 0.2) is 10.6 Å². The van der Waals surface area contributed by atoms with Crippen molar-refractivity contribution in [2.24, 2.45) is 0 Å². The number of aliphatic hydroxyl groups excluding tert-OH is 1. The van der Waals surface area contributed by atoms with Gasteiger partial charge in [-0.15, -0.1) is 0 Å². The Bertz CT molecular complexity index is 336. The van der Waals surface area contributed by atoms with Crippen molar-refractivity contribution < 1.29 is 15.0 Å². The van der Waals surface area contributed by atoms with E-state index >= 15 is 0 Å². The molecule has 0 spiro atoms. The number of carbonyl (C=O) groups excluding carboxylic acids is 1. The van der Waals surface area contributed by atoms with Crippen LogP contribution in [0.1, 0.15) is 6.42 Å². The first-order chi connectivity index (χ1) is 6.42. The largest absolute Gasteiger partial charge is 0.388 e. The molecule has 0 aromatic rings. The summed E-state index contributed by atoms with van der Waals surface area (Å²) in [4.78, 5) is 10.4. The van der Waals surface area contributed by atoms with Gasteiger partial charge in [-0.3, -0.25) is 4.79 Å². The van der Waals surface area contributed by atoms with Crippen LogP contribution < -0.4 is 0 Å². The van der Waals surface area contributed by atoms with E-state index in [9.17, 15) is 15.0 Å². The lowest BCUT2D eigenvalue weighted by molar-refractivity contribution is -0.121. The van der Waals surface area contributed by atoms with Gasteiger partial charge in [0.25, 0.3) is 0 Å². The highest BCUT2D eigenvalue weighted by Crippen LogP contribution is 2.33. The maximum absolute atomic E-state index is 11.3. The summed E-state index contributed by atoms with van der Waals surface area (Å²) < 4.78 is 0.169. The summed E-state index contributed by atoms with van der Waals surface area (Å²) in [5, 5.41) is 27.9. The van der Waals surface area contributed by atoms with Gasteiger partial charge in [-0.1, -0.05) is 15.9 Å². The Hall–Kier alpha value is -0.220. The molecule has 76 valence electrons. The summed E-state index contributed by atoms with van der Waals surface area (Å²) in [5.41, 5.74) is -1.67. The predicted octanol–water partition coefficient (Wildman–Crippen LogP) is 0.617. The first-order valence-electron chi connectivity index (χ1n) is 3.76. The van der Waals surface area contributed by atoms with Crippen molar-refractivity contribution >= 4 is 37.6 Å². The molecular formula is C8H7Br2NO3. The lowest BCUT2D eigenvalue weighted by atomic mass is 9.85. The normalized spacial score (nSPS) is 37.6. The summed E-state index contributed by atoms with van der Waals surface area (Å²) in [5.74, 6) is -0.347. The van der Waals surface area contributed by atoms with Gasteiger partial charge in [0.1, 0.15) is 16.5 Å². The summed E-state index contributed by atoms with van der Waals surface area (Å²) in [7, 11) is 0. The first-order valence-corrected chi connectivity index (χ1v) is 5.47. The van der Waals surface area contributed by atoms with Gasteiger partial charge in [0, 0.05) is 0 Å². The van der Waals surface area contributed by atoms with E-state index in [0.717, 1.165) is 0 Å². The minimum absolute atomic E-state index is 0.169. The Labute approximate surface area is 97.5 Å². The highest BCUT2D eigenvalue weighted by Gasteiger charge is 2.45. The minimum Gasteiger partial charge on any atom is -0.388 e. The fourth-order valence-electron chi connectivity index (χ4n) is 1.19. The van der Waals surface area contributed by atoms with Crippen LogP contribution in [0.25, 0.3) is 0 Å². The number of halogens is 2. The van der Waals surface area contributed by atoms with Crippen molar-refractivity contribution in [3.05, 3.63) is 10.6 Å². The molecule has 14 heavy (non-hydrogen) atoms. The molecule has 6 heteroatoms. The van der Waals surface area contributed by atoms with Gasteiger partial charge in [-0.05, 0) is 22.0 Å². The molecule has 4 nitrogen and oxygen atoms in total. The van der Waals surface area contributed by atoms with Crippen molar-refractivity contribution in [3.63, 3.8) is 0 Å². The third-order valence-electron chi connectivity index (χ3n) is 2.01. The van der Waals surface area contributed by atoms with Crippen LogP contribution in [-0.4, -0.2) is 32.5 Å². The number of nitriles is 1. The molecule has 2 N–H and O–H groups in total. The molecule has 0 saturated carbocycles. The van der Waals surface area contributed by atoms with E-state index in [4.69, 9.17) is 5.26 Å². The van der Waals surface area contributed by atoms with Crippen LogP contribution in [-0.2, 0) is 4.79 Å². The number of nitrogens with zero attached hydrogens (tertiary/aromatic N) is 1. The SMILES string of the molecule is N#CC[C@]1(O)C=C(Br)C(=O)[C@H](Br)[C@H]1O. The molecular weight excluding hydrogens is 318 g/mol. The number of alkyl halides is 1. The molecule has 0 amide bonds. The van der Waals surface area contributed by atoms with Crippen LogP contribution in [0.5, 0.6) is 0 Å². The molecule has 3 atom stereocenters. The maximum atomic E-state index is 11.3. The van der Waals surface area contributed by atoms with Gasteiger partial charge in [0.05, 0.1) is 17.0 Å². The van der Waals surface area contributed by atoms with Gasteiger partial charge in [0.2, 0.25) is 0 Å². The Balaban J connectivity index is 3.11. The molecule has 1 aliphatic carbocycles. The van der Waals surface area contributed by atoms with E-state index in [-0.39, 0.29) is 16.7 Å². The van der Waals surface area contributed by atoms with Crippen molar-refractivity contribution in [2.45, 2.75) is 23.0 Å². The van der Waals surface area contributed by atoms with E-state index in [1.165, 1.54) is 6.08 Å². The molecule has 0 radical (unpaired) electrons. The molecule has 1 aliphatic rings. The van der Waals surface area contributed by atoms with Crippen molar-refractivity contribution in [1.82, 2.24) is 0 Å². The zero-order valence-corrected chi connectivity index (χ0v) is 10.1. The van der Waals surface area contributed by atoms with E-state index in [0.29, 0.717) is 0 Å². The van der Waals surface area contributed by atoms with E-state index in [1.807, 2.05) is 0 Å². The minimum atomic E-state index is -1.67. The molecule has 0 saturated heterocycles. The average Bonchev–Trinajstić information content (AvgIpc) is 2.12. The zero-order chi connectivity index (χ0) is 10.9. The van der Waals surface area contributed by atoms with Crippen LogP contribution >= 0.6 is 31.9 Å². The van der Waals surface area contributed by atoms with Crippen LogP contribution in [0.3, 0.4) is 0 Å². The second kappa shape index (κ2) is 4.11. The molecule has 0 heterocycles. The second-order valence-corrected chi connectivity index (χ2v) is 4.87. The summed E-state index contributed by atoms with van der Waals surface area (Å²) >= 11 is 5.93. The number of allylic oxidation sites excluding steroid dienone is 1. The van der Waals surface area contributed by atoms with Crippen LogP contribution in [0.2, 0.25) is 0 Å². The number of hydrogen-bond acceptors (Lipinski definition) is 4. The standard InChI is InChI=1S/C8H7Br2NO3/c9-4-3-8(14,1-2-11)7(13)5(10)6(4)12/h3,5,7,13-14H,1H2/t5-,7+,8-/m0/s1. The van der Waals surface area contributed by atoms with E-state index in [2.05, 4.69) is 31.9 Å². The topological polar surface area (TPSA) is 81.3 Å². The molecule has 0 unspecified atom stereocenters. The number of Topliss-reactive ketones (excluding diaryl/α,β-unsaturated/α-hetero) is 1. The smallest absolute Gasteiger partial charge is 0.185 e. The quantitative estimate of drug-likeness (QED) is 0.693. The Morgan fingerprint density at radius 2 is 2.29 bits per heavy atom. The van der Waals surface area contributed by atoms with E-state index < -0.39 is 16.5 Å². The zero-order valence-electron chi connectivity index (χ0n) is 6.94. The van der Waals surface area contributed by atoms with Gasteiger partial charge in [-0.25, -0.2) is 0 Å². The number of hydrogen-bond donors (Lipinski definition) is 2. The lowest BCUT2D eigenvalue weighted by Crippen LogP contribution is -2.51. The number of rotatable bonds is 1. The lowest BCUT2D eigenvalue weighted by Gasteiger charge is -2.34. The number of ketones is 1. The van der Waals surface area contributed by atoms with Crippen molar-refractivity contribution in [2.75, 3.05) is 0 Å². The fraction of sp³-hybridized carbons (Fsp3) is 0.500. The second-order valence-electron chi connectivity index (χ2n) is 3.03. The van der Waals surface area contributed by atoms with Gasteiger partial charge in [0.15, 0.2) is 5.78 Å². The summed E-state index contributed by atoms with van der Waals surface area (Å²) in [6.07, 6.45) is -0.407. The molecule has 0 bridgehead atoms. The highest BCUT2D eigenvalue weighted by molar-refractivity contribution is 9.12. The molecule has 0 fully saturated rings. The highest BCUT2D eigenvalue weighted by atomic mass is 79.9. The fourth-order valence-corrected chi connectivity index (χ4v) is 2.84. The molecule has 0 aromatic carbocycles. The molecule has 0 aromatic heterocycles. The third-order valence-corrected chi connectivity index (χ3v) is 3.55. The summed E-state index contributed by atoms with van der Waals surface area (Å²) in [6.45, 7) is 0. The van der Waals surface area contributed by atoms with Crippen molar-refractivity contribution in [1.29, 1.82) is 5.26 Å². The van der Waals surface area contributed by atoms with Crippen LogP contribution in [0, 0.1) is 11.3 Å². The van der Waals surface area contributed by atoms with Gasteiger partial charge in [-0.2, -0.15) is 5.26 Å². The monoisotopic (exact) mass is 323 g/mol. The van der Waals surface area contributed by atoms with Crippen LogP contribution in [0.4, 0.5) is 0 Å². The first kappa shape index (κ1) is 11.9. The Morgan fingerprint density at radius 1 is 1.71 bits per heavy atom. The average molecular weight is 325 g/mol. The Morgan fingerprint density at radius 3 is 2.79 bits per heavy atom. The predicted molar refractivity (Wildman–Crippen MR) is 55.9 cm³/mol. The molecule has 0 aliphatic heterocycles.